The van der Waals surface area contributed by atoms with Crippen molar-refractivity contribution < 1.29 is 9.18 Å². The van der Waals surface area contributed by atoms with Gasteiger partial charge in [-0.3, -0.25) is 4.79 Å². The van der Waals surface area contributed by atoms with Crippen molar-refractivity contribution in [3.8, 4) is 0 Å². The molecule has 0 saturated carbocycles. The highest BCUT2D eigenvalue weighted by Crippen LogP contribution is 2.23. The van der Waals surface area contributed by atoms with Gasteiger partial charge in [-0.15, -0.1) is 0 Å². The number of aromatic nitrogens is 1. The number of benzene rings is 2. The van der Waals surface area contributed by atoms with Crippen LogP contribution in [0, 0.1) is 5.82 Å². The Balaban J connectivity index is 1.75. The zero-order valence-electron chi connectivity index (χ0n) is 15.5. The third-order valence-corrected chi connectivity index (χ3v) is 5.44. The summed E-state index contributed by atoms with van der Waals surface area (Å²) in [5.41, 5.74) is 2.09. The molecule has 0 bridgehead atoms. The molecular formula is C21H23BrFN3O. The highest BCUT2D eigenvalue weighted by atomic mass is 79.9. The highest BCUT2D eigenvalue weighted by molar-refractivity contribution is 9.10. The van der Waals surface area contributed by atoms with Gasteiger partial charge in [-0.2, -0.15) is 0 Å². The average molecular weight is 432 g/mol. The van der Waals surface area contributed by atoms with Crippen LogP contribution >= 0.6 is 15.9 Å². The van der Waals surface area contributed by atoms with Crippen LogP contribution in [-0.2, 0) is 6.54 Å². The molecule has 1 aromatic heterocycles. The van der Waals surface area contributed by atoms with E-state index in [0.717, 1.165) is 37.1 Å². The molecule has 2 aromatic carbocycles. The Morgan fingerprint density at radius 3 is 2.67 bits per heavy atom. The van der Waals surface area contributed by atoms with E-state index in [1.807, 2.05) is 24.3 Å². The number of likely N-dealkylation sites (N-methyl/N-ethyl adjacent to an activating group) is 1. The molecule has 3 rings (SSSR count). The quantitative estimate of drug-likeness (QED) is 0.562. The van der Waals surface area contributed by atoms with Crippen molar-refractivity contribution in [2.75, 3.05) is 25.0 Å². The summed E-state index contributed by atoms with van der Waals surface area (Å²) < 4.78 is 16.2. The van der Waals surface area contributed by atoms with Gasteiger partial charge in [-0.25, -0.2) is 4.39 Å². The Bertz CT molecular complexity index is 950. The number of hydrogen-bond acceptors (Lipinski definition) is 2. The summed E-state index contributed by atoms with van der Waals surface area (Å²) in [6.07, 6.45) is 2.07. The number of nitrogens with one attached hydrogen (secondary N) is 1. The number of halogens is 2. The van der Waals surface area contributed by atoms with Crippen molar-refractivity contribution in [3.05, 3.63) is 64.5 Å². The second-order valence-electron chi connectivity index (χ2n) is 6.39. The molecule has 0 fully saturated rings. The molecule has 27 heavy (non-hydrogen) atoms. The van der Waals surface area contributed by atoms with Gasteiger partial charge in [0.2, 0.25) is 0 Å². The topological polar surface area (TPSA) is 37.3 Å². The van der Waals surface area contributed by atoms with E-state index in [4.69, 9.17) is 0 Å². The lowest BCUT2D eigenvalue weighted by Gasteiger charge is -2.18. The molecule has 0 aliphatic heterocycles. The molecule has 1 amide bonds. The summed E-state index contributed by atoms with van der Waals surface area (Å²) in [7, 11) is 0. The normalized spacial score (nSPS) is 11.3. The van der Waals surface area contributed by atoms with E-state index in [1.165, 1.54) is 18.2 Å². The molecule has 0 unspecified atom stereocenters. The molecule has 0 spiro atoms. The minimum atomic E-state index is -0.441. The molecular weight excluding hydrogens is 409 g/mol. The molecule has 0 radical (unpaired) electrons. The van der Waals surface area contributed by atoms with E-state index >= 15 is 0 Å². The van der Waals surface area contributed by atoms with Gasteiger partial charge in [-0.1, -0.05) is 13.8 Å². The zero-order chi connectivity index (χ0) is 19.4. The summed E-state index contributed by atoms with van der Waals surface area (Å²) in [5.74, 6) is -0.786. The van der Waals surface area contributed by atoms with Gasteiger partial charge < -0.3 is 14.8 Å². The first kappa shape index (κ1) is 19.6. The van der Waals surface area contributed by atoms with E-state index in [0.29, 0.717) is 10.2 Å². The molecule has 0 aliphatic carbocycles. The monoisotopic (exact) mass is 431 g/mol. The van der Waals surface area contributed by atoms with Gasteiger partial charge in [0.05, 0.1) is 5.56 Å². The lowest BCUT2D eigenvalue weighted by Crippen LogP contribution is -2.26. The molecule has 3 aromatic rings. The predicted molar refractivity (Wildman–Crippen MR) is 112 cm³/mol. The minimum absolute atomic E-state index is 0.270. The van der Waals surface area contributed by atoms with Gasteiger partial charge in [0.25, 0.3) is 5.91 Å². The Morgan fingerprint density at radius 2 is 1.93 bits per heavy atom. The highest BCUT2D eigenvalue weighted by Gasteiger charge is 2.12. The number of carbonyl (C=O) groups excluding carboxylic acids is 1. The fourth-order valence-electron chi connectivity index (χ4n) is 3.13. The van der Waals surface area contributed by atoms with E-state index in [9.17, 15) is 9.18 Å². The summed E-state index contributed by atoms with van der Waals surface area (Å²) >= 11 is 3.29. The Kier molecular flexibility index (Phi) is 6.29. The zero-order valence-corrected chi connectivity index (χ0v) is 17.1. The van der Waals surface area contributed by atoms with Crippen molar-refractivity contribution >= 4 is 38.4 Å². The summed E-state index contributed by atoms with van der Waals surface area (Å²) in [4.78, 5) is 14.8. The van der Waals surface area contributed by atoms with Crippen LogP contribution in [0.1, 0.15) is 24.2 Å². The standard InChI is InChI=1S/C21H23BrFN3O/c1-3-25(4-2)11-12-26-10-9-15-13-17(6-8-20(15)26)24-21(27)18-14-16(23)5-7-19(18)22/h5-10,13-14H,3-4,11-12H2,1-2H3,(H,24,27). The number of nitrogens with zero attached hydrogens (tertiary/aromatic N) is 2. The lowest BCUT2D eigenvalue weighted by atomic mass is 10.2. The second kappa shape index (κ2) is 8.67. The molecule has 4 nitrogen and oxygen atoms in total. The fraction of sp³-hybridized carbons (Fsp3) is 0.286. The van der Waals surface area contributed by atoms with Crippen LogP contribution in [0.2, 0.25) is 0 Å². The van der Waals surface area contributed by atoms with Gasteiger partial charge in [0, 0.05) is 40.3 Å². The van der Waals surface area contributed by atoms with E-state index in [2.05, 4.69) is 50.8 Å². The predicted octanol–water partition coefficient (Wildman–Crippen LogP) is 5.14. The Labute approximate surface area is 167 Å². The van der Waals surface area contributed by atoms with Crippen LogP contribution in [0.5, 0.6) is 0 Å². The van der Waals surface area contributed by atoms with Crippen LogP contribution in [0.4, 0.5) is 10.1 Å². The summed E-state index contributed by atoms with van der Waals surface area (Å²) in [6.45, 7) is 8.35. The molecule has 0 aliphatic rings. The van der Waals surface area contributed by atoms with Crippen molar-refractivity contribution in [2.24, 2.45) is 0 Å². The molecule has 1 heterocycles. The first-order valence-electron chi connectivity index (χ1n) is 9.09. The third kappa shape index (κ3) is 4.57. The van der Waals surface area contributed by atoms with Crippen molar-refractivity contribution in [2.45, 2.75) is 20.4 Å². The summed E-state index contributed by atoms with van der Waals surface area (Å²) in [6, 6.07) is 11.9. The van der Waals surface area contributed by atoms with Gasteiger partial charge in [0.15, 0.2) is 0 Å². The maximum absolute atomic E-state index is 13.4. The second-order valence-corrected chi connectivity index (χ2v) is 7.24. The molecule has 6 heteroatoms. The third-order valence-electron chi connectivity index (χ3n) is 4.75. The first-order valence-corrected chi connectivity index (χ1v) is 9.88. The van der Waals surface area contributed by atoms with Crippen molar-refractivity contribution in [1.29, 1.82) is 0 Å². The maximum Gasteiger partial charge on any atom is 0.256 e. The molecule has 0 saturated heterocycles. The first-order chi connectivity index (χ1) is 13.0. The number of amides is 1. The van der Waals surface area contributed by atoms with Crippen LogP contribution in [0.25, 0.3) is 10.9 Å². The van der Waals surface area contributed by atoms with Crippen molar-refractivity contribution in [3.63, 3.8) is 0 Å². The Hall–Kier alpha value is -2.18. The lowest BCUT2D eigenvalue weighted by molar-refractivity contribution is 0.102. The van der Waals surface area contributed by atoms with Gasteiger partial charge in [-0.05, 0) is 71.5 Å². The van der Waals surface area contributed by atoms with Gasteiger partial charge >= 0.3 is 0 Å². The average Bonchev–Trinajstić information content (AvgIpc) is 3.07. The van der Waals surface area contributed by atoms with Crippen molar-refractivity contribution in [1.82, 2.24) is 9.47 Å². The minimum Gasteiger partial charge on any atom is -0.346 e. The van der Waals surface area contributed by atoms with Crippen LogP contribution in [0.15, 0.2) is 53.1 Å². The van der Waals surface area contributed by atoms with Crippen LogP contribution in [-0.4, -0.2) is 35.0 Å². The smallest absolute Gasteiger partial charge is 0.256 e. The number of fused-ring (bicyclic) bond motifs is 1. The SMILES string of the molecule is CCN(CC)CCn1ccc2cc(NC(=O)c3cc(F)ccc3Br)ccc21. The number of carbonyl (C=O) groups is 1. The van der Waals surface area contributed by atoms with E-state index < -0.39 is 5.82 Å². The number of hydrogen-bond donors (Lipinski definition) is 1. The van der Waals surface area contributed by atoms with Gasteiger partial charge in [0.1, 0.15) is 5.82 Å². The molecule has 1 N–H and O–H groups in total. The van der Waals surface area contributed by atoms with E-state index in [1.54, 1.807) is 0 Å². The largest absolute Gasteiger partial charge is 0.346 e. The fourth-order valence-corrected chi connectivity index (χ4v) is 3.56. The van der Waals surface area contributed by atoms with Crippen LogP contribution < -0.4 is 5.32 Å². The Morgan fingerprint density at radius 1 is 1.15 bits per heavy atom. The molecule has 142 valence electrons. The van der Waals surface area contributed by atoms with E-state index in [-0.39, 0.29) is 11.5 Å². The summed E-state index contributed by atoms with van der Waals surface area (Å²) in [5, 5.41) is 3.90. The maximum atomic E-state index is 13.4. The number of anilines is 1. The molecule has 0 atom stereocenters. The van der Waals surface area contributed by atoms with Crippen LogP contribution in [0.3, 0.4) is 0 Å². The number of rotatable bonds is 7.